The summed E-state index contributed by atoms with van der Waals surface area (Å²) < 4.78 is 2.62. The van der Waals surface area contributed by atoms with E-state index in [1.54, 1.807) is 0 Å². The lowest BCUT2D eigenvalue weighted by Gasteiger charge is -2.25. The molecule has 0 aliphatic carbocycles. The molecule has 1 aromatic heterocycles. The number of rotatable bonds is 3. The molecule has 0 saturated carbocycles. The minimum absolute atomic E-state index is 0.732. The Morgan fingerprint density at radius 1 is 0.556 bits per heavy atom. The number of anilines is 3. The second-order valence-corrected chi connectivity index (χ2v) is 7.95. The summed E-state index contributed by atoms with van der Waals surface area (Å²) >= 11 is 8.13. The summed E-state index contributed by atoms with van der Waals surface area (Å²) in [5, 5.41) is 3.32. The van der Waals surface area contributed by atoms with E-state index in [9.17, 15) is 0 Å². The molecular weight excluding hydrogens is 370 g/mol. The minimum Gasteiger partial charge on any atom is -0.310 e. The van der Waals surface area contributed by atoms with Crippen LogP contribution in [0.15, 0.2) is 97.1 Å². The van der Waals surface area contributed by atoms with Gasteiger partial charge in [0.15, 0.2) is 0 Å². The maximum absolute atomic E-state index is 6.29. The van der Waals surface area contributed by atoms with E-state index in [0.717, 1.165) is 22.1 Å². The van der Waals surface area contributed by atoms with Crippen LogP contribution in [0.25, 0.3) is 20.2 Å². The van der Waals surface area contributed by atoms with E-state index in [0.29, 0.717) is 0 Å². The van der Waals surface area contributed by atoms with E-state index in [1.165, 1.54) is 20.2 Å². The molecule has 5 rings (SSSR count). The second-order valence-electron chi connectivity index (χ2n) is 6.43. The van der Waals surface area contributed by atoms with Crippen molar-refractivity contribution in [1.82, 2.24) is 0 Å². The van der Waals surface area contributed by atoms with Crippen LogP contribution in [0.1, 0.15) is 0 Å². The van der Waals surface area contributed by atoms with E-state index in [4.69, 9.17) is 11.6 Å². The molecule has 0 unspecified atom stereocenters. The number of nitrogens with zero attached hydrogens (tertiary/aromatic N) is 1. The van der Waals surface area contributed by atoms with E-state index in [-0.39, 0.29) is 0 Å². The van der Waals surface area contributed by atoms with Gasteiger partial charge in [-0.2, -0.15) is 0 Å². The summed E-state index contributed by atoms with van der Waals surface area (Å²) in [7, 11) is 0. The van der Waals surface area contributed by atoms with Gasteiger partial charge in [-0.15, -0.1) is 11.3 Å². The van der Waals surface area contributed by atoms with Crippen LogP contribution in [-0.2, 0) is 0 Å². The number of para-hydroxylation sites is 1. The predicted octanol–water partition coefficient (Wildman–Crippen LogP) is 8.18. The summed E-state index contributed by atoms with van der Waals surface area (Å²) in [6, 6.07) is 33.7. The summed E-state index contributed by atoms with van der Waals surface area (Å²) in [6.07, 6.45) is 0. The molecule has 0 radical (unpaired) electrons. The van der Waals surface area contributed by atoms with Gasteiger partial charge >= 0.3 is 0 Å². The first-order valence-electron chi connectivity index (χ1n) is 8.82. The molecule has 5 aromatic rings. The number of fused-ring (bicyclic) bond motifs is 3. The van der Waals surface area contributed by atoms with Crippen LogP contribution in [0.5, 0.6) is 0 Å². The predicted molar refractivity (Wildman–Crippen MR) is 119 cm³/mol. The maximum atomic E-state index is 6.29. The Morgan fingerprint density at radius 3 is 2.11 bits per heavy atom. The molecule has 0 spiro atoms. The fraction of sp³-hybridized carbons (Fsp3) is 0. The van der Waals surface area contributed by atoms with Gasteiger partial charge in [-0.25, -0.2) is 0 Å². The minimum atomic E-state index is 0.732. The highest BCUT2D eigenvalue weighted by Gasteiger charge is 2.14. The highest BCUT2D eigenvalue weighted by atomic mass is 35.5. The van der Waals surface area contributed by atoms with Crippen LogP contribution in [0.4, 0.5) is 17.1 Å². The molecule has 0 aliphatic rings. The second kappa shape index (κ2) is 6.73. The molecule has 0 N–H and O–H groups in total. The monoisotopic (exact) mass is 385 g/mol. The van der Waals surface area contributed by atoms with Gasteiger partial charge in [-0.3, -0.25) is 0 Å². The van der Waals surface area contributed by atoms with Crippen molar-refractivity contribution in [3.63, 3.8) is 0 Å². The average molecular weight is 386 g/mol. The molecule has 0 aliphatic heterocycles. The molecular formula is C24H16ClNS. The Labute approximate surface area is 167 Å². The first-order chi connectivity index (χ1) is 13.3. The van der Waals surface area contributed by atoms with Crippen molar-refractivity contribution in [3.05, 3.63) is 102 Å². The summed E-state index contributed by atoms with van der Waals surface area (Å²) in [5.41, 5.74) is 3.28. The SMILES string of the molecule is Clc1cccc(N(c2ccccc2)c2ccc3sc4ccccc4c3c2)c1. The standard InChI is InChI=1S/C24H16ClNS/c25-17-7-6-10-19(15-17)26(18-8-2-1-3-9-18)20-13-14-24-22(16-20)21-11-4-5-12-23(21)27-24/h1-16H. The molecule has 0 fully saturated rings. The van der Waals surface area contributed by atoms with Gasteiger partial charge in [-0.1, -0.05) is 54.1 Å². The summed E-state index contributed by atoms with van der Waals surface area (Å²) in [4.78, 5) is 2.25. The van der Waals surface area contributed by atoms with Crippen molar-refractivity contribution < 1.29 is 0 Å². The van der Waals surface area contributed by atoms with Gasteiger partial charge < -0.3 is 4.90 Å². The van der Waals surface area contributed by atoms with Crippen LogP contribution in [-0.4, -0.2) is 0 Å². The highest BCUT2D eigenvalue weighted by molar-refractivity contribution is 7.25. The van der Waals surface area contributed by atoms with Gasteiger partial charge in [0.2, 0.25) is 0 Å². The van der Waals surface area contributed by atoms with Gasteiger partial charge in [0, 0.05) is 42.3 Å². The Morgan fingerprint density at radius 2 is 1.26 bits per heavy atom. The largest absolute Gasteiger partial charge is 0.310 e. The third-order valence-corrected chi connectivity index (χ3v) is 6.09. The molecule has 0 atom stereocenters. The number of halogens is 1. The molecule has 1 nitrogen and oxygen atoms in total. The molecule has 3 heteroatoms. The van der Waals surface area contributed by atoms with Crippen LogP contribution >= 0.6 is 22.9 Å². The third kappa shape index (κ3) is 2.97. The van der Waals surface area contributed by atoms with Crippen LogP contribution in [0, 0.1) is 0 Å². The summed E-state index contributed by atoms with van der Waals surface area (Å²) in [6.45, 7) is 0. The van der Waals surface area contributed by atoms with Gasteiger partial charge in [0.05, 0.1) is 0 Å². The van der Waals surface area contributed by atoms with E-state index < -0.39 is 0 Å². The molecule has 130 valence electrons. The topological polar surface area (TPSA) is 3.24 Å². The van der Waals surface area contributed by atoms with E-state index in [2.05, 4.69) is 77.7 Å². The number of hydrogen-bond donors (Lipinski definition) is 0. The van der Waals surface area contributed by atoms with Crippen LogP contribution in [0.2, 0.25) is 5.02 Å². The fourth-order valence-electron chi connectivity index (χ4n) is 3.49. The molecule has 0 bridgehead atoms. The lowest BCUT2D eigenvalue weighted by atomic mass is 10.1. The zero-order valence-corrected chi connectivity index (χ0v) is 16.0. The van der Waals surface area contributed by atoms with Crippen molar-refractivity contribution >= 4 is 60.2 Å². The maximum Gasteiger partial charge on any atom is 0.0476 e. The van der Waals surface area contributed by atoms with Crippen LogP contribution in [0.3, 0.4) is 0 Å². The van der Waals surface area contributed by atoms with Crippen molar-refractivity contribution in [1.29, 1.82) is 0 Å². The average Bonchev–Trinajstić information content (AvgIpc) is 3.07. The van der Waals surface area contributed by atoms with Crippen molar-refractivity contribution in [2.24, 2.45) is 0 Å². The molecule has 0 saturated heterocycles. The molecule has 1 heterocycles. The Balaban J connectivity index is 1.75. The smallest absolute Gasteiger partial charge is 0.0476 e. The highest BCUT2D eigenvalue weighted by Crippen LogP contribution is 2.40. The molecule has 0 amide bonds. The zero-order valence-electron chi connectivity index (χ0n) is 14.5. The Hall–Kier alpha value is -2.81. The quantitative estimate of drug-likeness (QED) is 0.302. The number of hydrogen-bond acceptors (Lipinski definition) is 2. The third-order valence-electron chi connectivity index (χ3n) is 4.70. The van der Waals surface area contributed by atoms with Gasteiger partial charge in [0.1, 0.15) is 0 Å². The van der Waals surface area contributed by atoms with Crippen molar-refractivity contribution in [2.75, 3.05) is 4.90 Å². The van der Waals surface area contributed by atoms with Gasteiger partial charge in [0.25, 0.3) is 0 Å². The van der Waals surface area contributed by atoms with E-state index in [1.807, 2.05) is 35.6 Å². The Kier molecular flexibility index (Phi) is 4.08. The molecule has 4 aromatic carbocycles. The lowest BCUT2D eigenvalue weighted by molar-refractivity contribution is 1.29. The van der Waals surface area contributed by atoms with Crippen LogP contribution < -0.4 is 4.90 Å². The first kappa shape index (κ1) is 16.4. The zero-order chi connectivity index (χ0) is 18.2. The van der Waals surface area contributed by atoms with Crippen molar-refractivity contribution in [2.45, 2.75) is 0 Å². The fourth-order valence-corrected chi connectivity index (χ4v) is 4.76. The van der Waals surface area contributed by atoms with Crippen molar-refractivity contribution in [3.8, 4) is 0 Å². The Bertz CT molecular complexity index is 1240. The lowest BCUT2D eigenvalue weighted by Crippen LogP contribution is -2.09. The normalized spacial score (nSPS) is 11.1. The summed E-state index contributed by atoms with van der Waals surface area (Å²) in [5.74, 6) is 0. The first-order valence-corrected chi connectivity index (χ1v) is 10.0. The van der Waals surface area contributed by atoms with Gasteiger partial charge in [-0.05, 0) is 54.6 Å². The molecule has 27 heavy (non-hydrogen) atoms. The number of thiophene rings is 1. The number of benzene rings is 4. The van der Waals surface area contributed by atoms with E-state index >= 15 is 0 Å².